The van der Waals surface area contributed by atoms with Crippen LogP contribution in [0.1, 0.15) is 11.1 Å². The summed E-state index contributed by atoms with van der Waals surface area (Å²) in [7, 11) is 1.92. The largest absolute Gasteiger partial charge is 0.491 e. The molecule has 1 atom stereocenters. The van der Waals surface area contributed by atoms with E-state index >= 15 is 0 Å². The van der Waals surface area contributed by atoms with Gasteiger partial charge in [-0.05, 0) is 37.7 Å². The zero-order chi connectivity index (χ0) is 16.8. The maximum absolute atomic E-state index is 10.1. The Balaban J connectivity index is 1.81. The molecule has 0 heterocycles. The molecular formula is C18H21Cl2NO2. The van der Waals surface area contributed by atoms with Gasteiger partial charge in [-0.25, -0.2) is 0 Å². The molecule has 0 aromatic heterocycles. The molecule has 0 saturated heterocycles. The molecule has 0 radical (unpaired) electrons. The molecule has 5 heteroatoms. The van der Waals surface area contributed by atoms with Gasteiger partial charge in [0.25, 0.3) is 0 Å². The Morgan fingerprint density at radius 1 is 1.13 bits per heavy atom. The summed E-state index contributed by atoms with van der Waals surface area (Å²) in [5.74, 6) is 0.759. The fourth-order valence-corrected chi connectivity index (χ4v) is 2.65. The second-order valence-electron chi connectivity index (χ2n) is 5.69. The minimum absolute atomic E-state index is 0.247. The Morgan fingerprint density at radius 2 is 1.83 bits per heavy atom. The topological polar surface area (TPSA) is 32.7 Å². The minimum Gasteiger partial charge on any atom is -0.491 e. The first kappa shape index (κ1) is 18.1. The predicted molar refractivity (Wildman–Crippen MR) is 95.5 cm³/mol. The average Bonchev–Trinajstić information content (AvgIpc) is 2.51. The molecule has 2 rings (SSSR count). The van der Waals surface area contributed by atoms with E-state index in [0.29, 0.717) is 23.1 Å². The summed E-state index contributed by atoms with van der Waals surface area (Å²) < 4.78 is 5.59. The van der Waals surface area contributed by atoms with Gasteiger partial charge in [0, 0.05) is 13.1 Å². The number of hydrogen-bond donors (Lipinski definition) is 1. The van der Waals surface area contributed by atoms with E-state index in [1.54, 1.807) is 6.07 Å². The second-order valence-corrected chi connectivity index (χ2v) is 6.47. The van der Waals surface area contributed by atoms with E-state index in [1.807, 2.05) is 55.3 Å². The number of halogens is 2. The van der Waals surface area contributed by atoms with Crippen molar-refractivity contribution in [2.24, 2.45) is 0 Å². The SMILES string of the molecule is Cc1ccc(OCC(O)CN(C)Cc2cccc(Cl)c2Cl)cc1. The summed E-state index contributed by atoms with van der Waals surface area (Å²) in [5, 5.41) is 11.2. The number of likely N-dealkylation sites (N-methyl/N-ethyl adjacent to an activating group) is 1. The van der Waals surface area contributed by atoms with E-state index < -0.39 is 6.10 Å². The summed E-state index contributed by atoms with van der Waals surface area (Å²) in [6, 6.07) is 13.3. The molecule has 2 aromatic carbocycles. The second kappa shape index (κ2) is 8.55. The van der Waals surface area contributed by atoms with Gasteiger partial charge in [0.05, 0.1) is 10.0 Å². The smallest absolute Gasteiger partial charge is 0.119 e. The number of rotatable bonds is 7. The van der Waals surface area contributed by atoms with E-state index in [2.05, 4.69) is 0 Å². The standard InChI is InChI=1S/C18H21Cl2NO2/c1-13-6-8-16(9-7-13)23-12-15(22)11-21(2)10-14-4-3-5-17(19)18(14)20/h3-9,15,22H,10-12H2,1-2H3. The third-order valence-electron chi connectivity index (χ3n) is 3.46. The fraction of sp³-hybridized carbons (Fsp3) is 0.333. The zero-order valence-corrected chi connectivity index (χ0v) is 14.8. The van der Waals surface area contributed by atoms with Gasteiger partial charge in [-0.1, -0.05) is 53.0 Å². The van der Waals surface area contributed by atoms with Crippen LogP contribution in [0.25, 0.3) is 0 Å². The van der Waals surface area contributed by atoms with Gasteiger partial charge in [0.15, 0.2) is 0 Å². The van der Waals surface area contributed by atoms with Gasteiger partial charge in [0.2, 0.25) is 0 Å². The molecular weight excluding hydrogens is 333 g/mol. The summed E-state index contributed by atoms with van der Waals surface area (Å²) in [5.41, 5.74) is 2.12. The monoisotopic (exact) mass is 353 g/mol. The highest BCUT2D eigenvalue weighted by atomic mass is 35.5. The van der Waals surface area contributed by atoms with Crippen molar-refractivity contribution in [3.8, 4) is 5.75 Å². The highest BCUT2D eigenvalue weighted by molar-refractivity contribution is 6.42. The molecule has 0 aliphatic rings. The molecule has 0 saturated carbocycles. The fourth-order valence-electron chi connectivity index (χ4n) is 2.27. The highest BCUT2D eigenvalue weighted by Gasteiger charge is 2.12. The first-order valence-corrected chi connectivity index (χ1v) is 8.20. The van der Waals surface area contributed by atoms with E-state index in [4.69, 9.17) is 27.9 Å². The van der Waals surface area contributed by atoms with Gasteiger partial charge in [0.1, 0.15) is 18.5 Å². The maximum atomic E-state index is 10.1. The lowest BCUT2D eigenvalue weighted by Crippen LogP contribution is -2.32. The number of aliphatic hydroxyl groups is 1. The third kappa shape index (κ3) is 5.70. The molecule has 3 nitrogen and oxygen atoms in total. The number of hydrogen-bond acceptors (Lipinski definition) is 3. The quantitative estimate of drug-likeness (QED) is 0.810. The lowest BCUT2D eigenvalue weighted by Gasteiger charge is -2.21. The molecule has 1 N–H and O–H groups in total. The number of nitrogens with zero attached hydrogens (tertiary/aromatic N) is 1. The molecule has 0 spiro atoms. The normalized spacial score (nSPS) is 12.4. The average molecular weight is 354 g/mol. The van der Waals surface area contributed by atoms with Crippen molar-refractivity contribution in [2.75, 3.05) is 20.2 Å². The molecule has 0 aliphatic carbocycles. The van der Waals surface area contributed by atoms with Crippen LogP contribution in [0.5, 0.6) is 5.75 Å². The first-order valence-electron chi connectivity index (χ1n) is 7.44. The van der Waals surface area contributed by atoms with Crippen molar-refractivity contribution in [2.45, 2.75) is 19.6 Å². The van der Waals surface area contributed by atoms with Gasteiger partial charge in [-0.15, -0.1) is 0 Å². The molecule has 2 aromatic rings. The van der Waals surface area contributed by atoms with E-state index in [0.717, 1.165) is 11.3 Å². The first-order chi connectivity index (χ1) is 11.0. The maximum Gasteiger partial charge on any atom is 0.119 e. The molecule has 0 amide bonds. The molecule has 0 aliphatic heterocycles. The van der Waals surface area contributed by atoms with Crippen molar-refractivity contribution in [1.82, 2.24) is 4.90 Å². The molecule has 0 bridgehead atoms. The summed E-state index contributed by atoms with van der Waals surface area (Å²) in [6.45, 7) is 3.36. The summed E-state index contributed by atoms with van der Waals surface area (Å²) >= 11 is 12.2. The molecule has 0 fully saturated rings. The van der Waals surface area contributed by atoms with Crippen LogP contribution in [0, 0.1) is 6.92 Å². The van der Waals surface area contributed by atoms with Crippen LogP contribution in [0.2, 0.25) is 10.0 Å². The lowest BCUT2D eigenvalue weighted by molar-refractivity contribution is 0.0744. The van der Waals surface area contributed by atoms with E-state index in [9.17, 15) is 5.11 Å². The Kier molecular flexibility index (Phi) is 6.72. The highest BCUT2D eigenvalue weighted by Crippen LogP contribution is 2.26. The van der Waals surface area contributed by atoms with Crippen molar-refractivity contribution in [1.29, 1.82) is 0 Å². The number of aryl methyl sites for hydroxylation is 1. The van der Waals surface area contributed by atoms with Crippen LogP contribution < -0.4 is 4.74 Å². The molecule has 1 unspecified atom stereocenters. The number of aliphatic hydroxyl groups excluding tert-OH is 1. The van der Waals surface area contributed by atoms with Crippen LogP contribution in [0.15, 0.2) is 42.5 Å². The Hall–Kier alpha value is -1.26. The molecule has 23 heavy (non-hydrogen) atoms. The van der Waals surface area contributed by atoms with Crippen LogP contribution in [0.4, 0.5) is 0 Å². The Labute approximate surface area is 147 Å². The summed E-state index contributed by atoms with van der Waals surface area (Å²) in [6.07, 6.45) is -0.584. The number of benzene rings is 2. The predicted octanol–water partition coefficient (Wildman–Crippen LogP) is 4.17. The van der Waals surface area contributed by atoms with Crippen LogP contribution >= 0.6 is 23.2 Å². The minimum atomic E-state index is -0.584. The summed E-state index contributed by atoms with van der Waals surface area (Å²) in [4.78, 5) is 1.99. The van der Waals surface area contributed by atoms with Crippen molar-refractivity contribution < 1.29 is 9.84 Å². The molecule has 124 valence electrons. The third-order valence-corrected chi connectivity index (χ3v) is 4.32. The van der Waals surface area contributed by atoms with Crippen molar-refractivity contribution in [3.63, 3.8) is 0 Å². The van der Waals surface area contributed by atoms with E-state index in [1.165, 1.54) is 5.56 Å². The Bertz CT molecular complexity index is 631. The van der Waals surface area contributed by atoms with Crippen molar-refractivity contribution >= 4 is 23.2 Å². The van der Waals surface area contributed by atoms with Gasteiger partial charge >= 0.3 is 0 Å². The van der Waals surface area contributed by atoms with Gasteiger partial charge in [-0.2, -0.15) is 0 Å². The number of ether oxygens (including phenoxy) is 1. The Morgan fingerprint density at radius 3 is 2.52 bits per heavy atom. The van der Waals surface area contributed by atoms with Crippen molar-refractivity contribution in [3.05, 3.63) is 63.6 Å². The van der Waals surface area contributed by atoms with Crippen LogP contribution in [-0.4, -0.2) is 36.3 Å². The zero-order valence-electron chi connectivity index (χ0n) is 13.3. The lowest BCUT2D eigenvalue weighted by atomic mass is 10.2. The van der Waals surface area contributed by atoms with Gasteiger partial charge in [-0.3, -0.25) is 4.90 Å². The van der Waals surface area contributed by atoms with Gasteiger partial charge < -0.3 is 9.84 Å². The van der Waals surface area contributed by atoms with Crippen LogP contribution in [0.3, 0.4) is 0 Å². The van der Waals surface area contributed by atoms with Crippen LogP contribution in [-0.2, 0) is 6.54 Å². The van der Waals surface area contributed by atoms with E-state index in [-0.39, 0.29) is 6.61 Å².